The number of Topliss-reactive ketones (excluding diaryl/α,β-unsaturated/α-hetero) is 2. The maximum absolute atomic E-state index is 13.0. The first-order valence-corrected chi connectivity index (χ1v) is 11.2. The highest BCUT2D eigenvalue weighted by Gasteiger charge is 2.23. The van der Waals surface area contributed by atoms with Crippen molar-refractivity contribution in [3.63, 3.8) is 0 Å². The summed E-state index contributed by atoms with van der Waals surface area (Å²) in [4.78, 5) is 24.2. The van der Waals surface area contributed by atoms with Crippen LogP contribution in [0.1, 0.15) is 27.7 Å². The Balaban J connectivity index is 1.76. The normalized spacial score (nSPS) is 14.6. The number of carbonyl (C=O) groups is 2. The summed E-state index contributed by atoms with van der Waals surface area (Å²) in [5.74, 6) is -0.773. The van der Waals surface area contributed by atoms with Crippen molar-refractivity contribution >= 4 is 22.9 Å². The summed E-state index contributed by atoms with van der Waals surface area (Å²) in [6, 6.07) is 10.2. The van der Waals surface area contributed by atoms with Crippen molar-refractivity contribution in [3.05, 3.63) is 60.2 Å². The summed E-state index contributed by atoms with van der Waals surface area (Å²) < 4.78 is 26.1. The zero-order chi connectivity index (χ0) is 25.1. The summed E-state index contributed by atoms with van der Waals surface area (Å²) >= 11 is 0. The van der Waals surface area contributed by atoms with Crippen molar-refractivity contribution in [2.45, 2.75) is 51.9 Å². The lowest BCUT2D eigenvalue weighted by molar-refractivity contribution is -0.120. The van der Waals surface area contributed by atoms with Gasteiger partial charge in [-0.3, -0.25) is 9.59 Å². The van der Waals surface area contributed by atoms with Crippen LogP contribution in [-0.4, -0.2) is 48.8 Å². The van der Waals surface area contributed by atoms with E-state index in [9.17, 15) is 18.4 Å². The minimum atomic E-state index is -0.506. The summed E-state index contributed by atoms with van der Waals surface area (Å²) in [5, 5.41) is 6.59. The van der Waals surface area contributed by atoms with Crippen LogP contribution in [0.3, 0.4) is 0 Å². The van der Waals surface area contributed by atoms with Crippen LogP contribution in [0.5, 0.6) is 0 Å². The minimum absolute atomic E-state index is 0.0522. The molecule has 6 N–H and O–H groups in total. The molecule has 2 rings (SSSR count). The topological polar surface area (TPSA) is 106 Å². The number of rotatable bonds is 15. The Morgan fingerprint density at radius 3 is 1.29 bits per heavy atom. The molecule has 0 aromatic heterocycles. The van der Waals surface area contributed by atoms with E-state index in [4.69, 9.17) is 0 Å². The smallest absolute Gasteiger partial charge is 0.150 e. The third-order valence-electron chi connectivity index (χ3n) is 5.37. The number of hydrogen-bond acceptors (Lipinski definition) is 8. The highest BCUT2D eigenvalue weighted by atomic mass is 19.1. The number of nitrogens with one attached hydrogen (secondary N) is 6. The zero-order valence-electron chi connectivity index (χ0n) is 19.9. The van der Waals surface area contributed by atoms with Crippen molar-refractivity contribution < 1.29 is 18.4 Å². The lowest BCUT2D eigenvalue weighted by Crippen LogP contribution is -2.55. The number of carbonyl (C=O) groups excluding carboxylic acids is 2. The lowest BCUT2D eigenvalue weighted by Gasteiger charge is -2.27. The Morgan fingerprint density at radius 2 is 1.00 bits per heavy atom. The van der Waals surface area contributed by atoms with Gasteiger partial charge in [0.15, 0.2) is 0 Å². The Labute approximate surface area is 199 Å². The molecule has 186 valence electrons. The third kappa shape index (κ3) is 9.14. The van der Waals surface area contributed by atoms with E-state index >= 15 is 0 Å². The van der Waals surface area contributed by atoms with Gasteiger partial charge < -0.3 is 21.5 Å². The summed E-state index contributed by atoms with van der Waals surface area (Å²) in [6.07, 6.45) is 0. The second kappa shape index (κ2) is 13.7. The van der Waals surface area contributed by atoms with Crippen LogP contribution in [0, 0.1) is 11.6 Å². The Kier molecular flexibility index (Phi) is 11.0. The molecule has 4 atom stereocenters. The highest BCUT2D eigenvalue weighted by molar-refractivity contribution is 5.83. The number of halogens is 2. The van der Waals surface area contributed by atoms with Crippen molar-refractivity contribution in [2.75, 3.05) is 23.9 Å². The van der Waals surface area contributed by atoms with Gasteiger partial charge in [-0.25, -0.2) is 19.6 Å². The van der Waals surface area contributed by atoms with Crippen molar-refractivity contribution in [1.82, 2.24) is 21.5 Å². The molecule has 0 aliphatic heterocycles. The highest BCUT2D eigenvalue weighted by Crippen LogP contribution is 2.08. The molecule has 4 unspecified atom stereocenters. The van der Waals surface area contributed by atoms with E-state index in [1.807, 2.05) is 13.8 Å². The predicted molar refractivity (Wildman–Crippen MR) is 130 cm³/mol. The maximum Gasteiger partial charge on any atom is 0.150 e. The standard InChI is InChI=1S/C24H34F2N6O2/c1-15(23(17(3)33)31-29-21-9-5-19(25)6-10-21)27-13-14-28-16(2)24(18(4)34)32-30-22-11-7-20(26)8-12-22/h5-12,15-16,23-24,27-32H,13-14H2,1-4H3. The quantitative estimate of drug-likeness (QED) is 0.172. The van der Waals surface area contributed by atoms with Crippen LogP contribution >= 0.6 is 0 Å². The molecular formula is C24H34F2N6O2. The van der Waals surface area contributed by atoms with E-state index in [1.165, 1.54) is 38.1 Å². The van der Waals surface area contributed by atoms with Gasteiger partial charge >= 0.3 is 0 Å². The van der Waals surface area contributed by atoms with E-state index in [1.54, 1.807) is 24.3 Å². The van der Waals surface area contributed by atoms with E-state index < -0.39 is 12.1 Å². The average molecular weight is 477 g/mol. The van der Waals surface area contributed by atoms with Gasteiger partial charge in [0, 0.05) is 36.5 Å². The molecule has 0 radical (unpaired) electrons. The second-order valence-electron chi connectivity index (χ2n) is 8.21. The molecular weight excluding hydrogens is 442 g/mol. The average Bonchev–Trinajstić information content (AvgIpc) is 2.79. The first-order chi connectivity index (χ1) is 16.2. The van der Waals surface area contributed by atoms with Crippen molar-refractivity contribution in [1.29, 1.82) is 0 Å². The van der Waals surface area contributed by atoms with Crippen molar-refractivity contribution in [3.8, 4) is 0 Å². The molecule has 2 aromatic rings. The van der Waals surface area contributed by atoms with Gasteiger partial charge in [-0.2, -0.15) is 0 Å². The molecule has 2 aromatic carbocycles. The molecule has 0 fully saturated rings. The molecule has 0 saturated heterocycles. The number of benzene rings is 2. The van der Waals surface area contributed by atoms with Crippen LogP contribution in [-0.2, 0) is 9.59 Å². The fourth-order valence-electron chi connectivity index (χ4n) is 3.38. The lowest BCUT2D eigenvalue weighted by atomic mass is 10.1. The summed E-state index contributed by atoms with van der Waals surface area (Å²) in [7, 11) is 0. The summed E-state index contributed by atoms with van der Waals surface area (Å²) in [5.41, 5.74) is 13.1. The zero-order valence-corrected chi connectivity index (χ0v) is 19.9. The minimum Gasteiger partial charge on any atom is -0.321 e. The fraction of sp³-hybridized carbons (Fsp3) is 0.417. The van der Waals surface area contributed by atoms with Crippen LogP contribution in [0.4, 0.5) is 20.2 Å². The molecule has 0 heterocycles. The number of hydrogen-bond donors (Lipinski definition) is 6. The first-order valence-electron chi connectivity index (χ1n) is 11.2. The molecule has 0 saturated carbocycles. The van der Waals surface area contributed by atoms with Gasteiger partial charge in [0.1, 0.15) is 23.2 Å². The predicted octanol–water partition coefficient (Wildman–Crippen LogP) is 2.37. The molecule has 10 heteroatoms. The van der Waals surface area contributed by atoms with Gasteiger partial charge in [0.25, 0.3) is 0 Å². The van der Waals surface area contributed by atoms with Gasteiger partial charge in [0.05, 0.1) is 12.1 Å². The Bertz CT molecular complexity index is 835. The van der Waals surface area contributed by atoms with E-state index in [0.717, 1.165) is 0 Å². The van der Waals surface area contributed by atoms with Crippen LogP contribution in [0.25, 0.3) is 0 Å². The fourth-order valence-corrected chi connectivity index (χ4v) is 3.38. The first kappa shape index (κ1) is 27.3. The van der Waals surface area contributed by atoms with Gasteiger partial charge in [-0.1, -0.05) is 0 Å². The van der Waals surface area contributed by atoms with Crippen LogP contribution in [0.2, 0.25) is 0 Å². The van der Waals surface area contributed by atoms with Crippen LogP contribution in [0.15, 0.2) is 48.5 Å². The molecule has 0 aliphatic carbocycles. The van der Waals surface area contributed by atoms with E-state index in [-0.39, 0.29) is 35.3 Å². The molecule has 0 bridgehead atoms. The molecule has 34 heavy (non-hydrogen) atoms. The summed E-state index contributed by atoms with van der Waals surface area (Å²) in [6.45, 7) is 7.90. The van der Waals surface area contributed by atoms with Crippen LogP contribution < -0.4 is 32.3 Å². The Hall–Kier alpha value is -2.92. The Morgan fingerprint density at radius 1 is 0.676 bits per heavy atom. The van der Waals surface area contributed by atoms with E-state index in [2.05, 4.69) is 32.3 Å². The molecule has 8 nitrogen and oxygen atoms in total. The monoisotopic (exact) mass is 476 g/mol. The molecule has 0 amide bonds. The van der Waals surface area contributed by atoms with Gasteiger partial charge in [-0.15, -0.1) is 0 Å². The number of ketones is 2. The third-order valence-corrected chi connectivity index (χ3v) is 5.37. The maximum atomic E-state index is 13.0. The van der Waals surface area contributed by atoms with Crippen molar-refractivity contribution in [2.24, 2.45) is 0 Å². The molecule has 0 spiro atoms. The SMILES string of the molecule is CC(=O)C(NNc1ccc(F)cc1)C(C)NCCNC(C)C(NNc1ccc(F)cc1)C(C)=O. The molecule has 0 aliphatic rings. The number of anilines is 2. The second-order valence-corrected chi connectivity index (χ2v) is 8.21. The van der Waals surface area contributed by atoms with Gasteiger partial charge in [0.2, 0.25) is 0 Å². The largest absolute Gasteiger partial charge is 0.321 e. The van der Waals surface area contributed by atoms with E-state index in [0.29, 0.717) is 24.5 Å². The van der Waals surface area contributed by atoms with Gasteiger partial charge in [-0.05, 0) is 76.2 Å². The number of hydrazine groups is 2.